The molecule has 4 nitrogen and oxygen atoms in total. The number of anilines is 1. The van der Waals surface area contributed by atoms with Gasteiger partial charge in [-0.05, 0) is 19.1 Å². The summed E-state index contributed by atoms with van der Waals surface area (Å²) in [6.45, 7) is 0.615. The van der Waals surface area contributed by atoms with Crippen molar-refractivity contribution in [2.24, 2.45) is 0 Å². The fraction of sp³-hybridized carbons (Fsp3) is 0.364. The predicted octanol–water partition coefficient (Wildman–Crippen LogP) is 3.20. The Morgan fingerprint density at radius 3 is 2.72 bits per heavy atom. The molecule has 18 heavy (non-hydrogen) atoms. The van der Waals surface area contributed by atoms with Crippen LogP contribution >= 0.6 is 0 Å². The SMILES string of the molecule is CCOc1cccc(NC(=O)OCC(F)(F)F)c1. The zero-order chi connectivity index (χ0) is 13.6. The van der Waals surface area contributed by atoms with Crippen LogP contribution in [-0.4, -0.2) is 25.5 Å². The van der Waals surface area contributed by atoms with E-state index in [0.717, 1.165) is 0 Å². The average Bonchev–Trinajstić information content (AvgIpc) is 2.26. The van der Waals surface area contributed by atoms with Crippen LogP contribution in [0.2, 0.25) is 0 Å². The predicted molar refractivity (Wildman–Crippen MR) is 58.6 cm³/mol. The van der Waals surface area contributed by atoms with E-state index in [2.05, 4.69) is 10.1 Å². The number of benzene rings is 1. The third-order valence-corrected chi connectivity index (χ3v) is 1.76. The van der Waals surface area contributed by atoms with Gasteiger partial charge in [-0.25, -0.2) is 4.79 Å². The van der Waals surface area contributed by atoms with Gasteiger partial charge in [0.05, 0.1) is 6.61 Å². The molecule has 0 fully saturated rings. The summed E-state index contributed by atoms with van der Waals surface area (Å²) in [4.78, 5) is 11.1. The van der Waals surface area contributed by atoms with E-state index < -0.39 is 18.9 Å². The summed E-state index contributed by atoms with van der Waals surface area (Å²) in [5.74, 6) is 0.506. The second-order valence-corrected chi connectivity index (χ2v) is 3.28. The molecule has 1 N–H and O–H groups in total. The molecule has 0 saturated carbocycles. The summed E-state index contributed by atoms with van der Waals surface area (Å²) in [7, 11) is 0. The van der Waals surface area contributed by atoms with E-state index in [0.29, 0.717) is 18.0 Å². The normalized spacial score (nSPS) is 10.9. The van der Waals surface area contributed by atoms with Crippen LogP contribution < -0.4 is 10.1 Å². The third kappa shape index (κ3) is 5.42. The van der Waals surface area contributed by atoms with E-state index in [1.807, 2.05) is 0 Å². The Morgan fingerprint density at radius 2 is 2.11 bits per heavy atom. The molecule has 0 unspecified atom stereocenters. The van der Waals surface area contributed by atoms with Gasteiger partial charge < -0.3 is 9.47 Å². The van der Waals surface area contributed by atoms with E-state index >= 15 is 0 Å². The van der Waals surface area contributed by atoms with Crippen LogP contribution in [0, 0.1) is 0 Å². The average molecular weight is 263 g/mol. The first-order chi connectivity index (χ1) is 8.40. The quantitative estimate of drug-likeness (QED) is 0.907. The Hall–Kier alpha value is -1.92. The molecule has 0 spiro atoms. The number of hydrogen-bond acceptors (Lipinski definition) is 3. The molecule has 1 aromatic rings. The summed E-state index contributed by atoms with van der Waals surface area (Å²) in [5, 5.41) is 2.17. The van der Waals surface area contributed by atoms with Crippen LogP contribution in [0.5, 0.6) is 5.75 Å². The lowest BCUT2D eigenvalue weighted by Gasteiger charge is -2.10. The molecule has 0 saturated heterocycles. The first-order valence-corrected chi connectivity index (χ1v) is 5.14. The Labute approximate surface area is 102 Å². The molecule has 1 aromatic carbocycles. The molecule has 7 heteroatoms. The number of hydrogen-bond donors (Lipinski definition) is 1. The smallest absolute Gasteiger partial charge is 0.422 e. The highest BCUT2D eigenvalue weighted by Gasteiger charge is 2.29. The van der Waals surface area contributed by atoms with Crippen molar-refractivity contribution in [3.05, 3.63) is 24.3 Å². The molecule has 0 atom stereocenters. The van der Waals surface area contributed by atoms with E-state index in [4.69, 9.17) is 4.74 Å². The van der Waals surface area contributed by atoms with Gasteiger partial charge in [0.1, 0.15) is 5.75 Å². The Kier molecular flexibility index (Phi) is 4.82. The summed E-state index contributed by atoms with van der Waals surface area (Å²) in [6.07, 6.45) is -5.70. The van der Waals surface area contributed by atoms with Gasteiger partial charge >= 0.3 is 12.3 Å². The molecule has 0 aliphatic rings. The van der Waals surface area contributed by atoms with Crippen LogP contribution in [0.15, 0.2) is 24.3 Å². The topological polar surface area (TPSA) is 47.6 Å². The van der Waals surface area contributed by atoms with Gasteiger partial charge in [0.15, 0.2) is 6.61 Å². The lowest BCUT2D eigenvalue weighted by atomic mass is 10.3. The minimum Gasteiger partial charge on any atom is -0.494 e. The van der Waals surface area contributed by atoms with Crippen molar-refractivity contribution in [1.82, 2.24) is 0 Å². The highest BCUT2D eigenvalue weighted by molar-refractivity contribution is 5.84. The van der Waals surface area contributed by atoms with Crippen LogP contribution in [0.25, 0.3) is 0 Å². The fourth-order valence-corrected chi connectivity index (χ4v) is 1.13. The van der Waals surface area contributed by atoms with Gasteiger partial charge in [-0.15, -0.1) is 0 Å². The van der Waals surface area contributed by atoms with Crippen molar-refractivity contribution >= 4 is 11.8 Å². The molecular formula is C11H12F3NO3. The maximum absolute atomic E-state index is 11.8. The number of rotatable bonds is 4. The molecule has 0 heterocycles. The lowest BCUT2D eigenvalue weighted by Crippen LogP contribution is -2.23. The minimum absolute atomic E-state index is 0.299. The van der Waals surface area contributed by atoms with Crippen molar-refractivity contribution in [3.63, 3.8) is 0 Å². The lowest BCUT2D eigenvalue weighted by molar-refractivity contribution is -0.159. The maximum Gasteiger partial charge on any atom is 0.422 e. The minimum atomic E-state index is -4.54. The second-order valence-electron chi connectivity index (χ2n) is 3.28. The standard InChI is InChI=1S/C11H12F3NO3/c1-2-17-9-5-3-4-8(6-9)15-10(16)18-7-11(12,13)14/h3-6H,2,7H2,1H3,(H,15,16). The van der Waals surface area contributed by atoms with Crippen molar-refractivity contribution < 1.29 is 27.4 Å². The maximum atomic E-state index is 11.8. The van der Waals surface area contributed by atoms with Gasteiger partial charge in [0.25, 0.3) is 0 Å². The van der Waals surface area contributed by atoms with E-state index in [9.17, 15) is 18.0 Å². The summed E-state index contributed by atoms with van der Waals surface area (Å²) >= 11 is 0. The summed E-state index contributed by atoms with van der Waals surface area (Å²) in [5.41, 5.74) is 0.299. The van der Waals surface area contributed by atoms with Crippen molar-refractivity contribution in [3.8, 4) is 5.75 Å². The van der Waals surface area contributed by atoms with Gasteiger partial charge in [-0.1, -0.05) is 6.07 Å². The molecule has 0 bridgehead atoms. The van der Waals surface area contributed by atoms with E-state index in [1.165, 1.54) is 12.1 Å². The van der Waals surface area contributed by atoms with Crippen molar-refractivity contribution in [1.29, 1.82) is 0 Å². The van der Waals surface area contributed by atoms with Crippen LogP contribution in [-0.2, 0) is 4.74 Å². The zero-order valence-corrected chi connectivity index (χ0v) is 9.58. The highest BCUT2D eigenvalue weighted by Crippen LogP contribution is 2.18. The largest absolute Gasteiger partial charge is 0.494 e. The first kappa shape index (κ1) is 14.1. The van der Waals surface area contributed by atoms with Crippen LogP contribution in [0.3, 0.4) is 0 Å². The van der Waals surface area contributed by atoms with Crippen LogP contribution in [0.4, 0.5) is 23.7 Å². The molecular weight excluding hydrogens is 251 g/mol. The molecule has 0 aliphatic heterocycles. The van der Waals surface area contributed by atoms with Crippen molar-refractivity contribution in [2.45, 2.75) is 13.1 Å². The van der Waals surface area contributed by atoms with Gasteiger partial charge in [-0.3, -0.25) is 5.32 Å². The number of ether oxygens (including phenoxy) is 2. The molecule has 1 rings (SSSR count). The molecule has 0 aromatic heterocycles. The first-order valence-electron chi connectivity index (χ1n) is 5.14. The molecule has 0 radical (unpaired) electrons. The molecule has 100 valence electrons. The fourth-order valence-electron chi connectivity index (χ4n) is 1.13. The van der Waals surface area contributed by atoms with Gasteiger partial charge in [0, 0.05) is 11.8 Å². The van der Waals surface area contributed by atoms with E-state index in [1.54, 1.807) is 19.1 Å². The number of carbonyl (C=O) groups is 1. The summed E-state index contributed by atoms with van der Waals surface area (Å²) < 4.78 is 44.5. The number of carbonyl (C=O) groups excluding carboxylic acids is 1. The zero-order valence-electron chi connectivity index (χ0n) is 9.58. The Balaban J connectivity index is 2.51. The number of nitrogens with one attached hydrogen (secondary N) is 1. The second kappa shape index (κ2) is 6.13. The third-order valence-electron chi connectivity index (χ3n) is 1.76. The number of halogens is 3. The Morgan fingerprint density at radius 1 is 1.39 bits per heavy atom. The number of amides is 1. The highest BCUT2D eigenvalue weighted by atomic mass is 19.4. The Bertz CT molecular complexity index is 407. The van der Waals surface area contributed by atoms with Crippen LogP contribution in [0.1, 0.15) is 6.92 Å². The van der Waals surface area contributed by atoms with Gasteiger partial charge in [-0.2, -0.15) is 13.2 Å². The monoisotopic (exact) mass is 263 g/mol. The molecule has 1 amide bonds. The number of alkyl halides is 3. The molecule has 0 aliphatic carbocycles. The summed E-state index contributed by atoms with van der Waals surface area (Å²) in [6, 6.07) is 6.26. The van der Waals surface area contributed by atoms with E-state index in [-0.39, 0.29) is 0 Å². The van der Waals surface area contributed by atoms with Crippen molar-refractivity contribution in [2.75, 3.05) is 18.5 Å². The van der Waals surface area contributed by atoms with Gasteiger partial charge in [0.2, 0.25) is 0 Å².